The van der Waals surface area contributed by atoms with E-state index in [2.05, 4.69) is 4.98 Å². The molecule has 0 radical (unpaired) electrons. The molecule has 1 aromatic rings. The normalized spacial score (nSPS) is 11.1. The topological polar surface area (TPSA) is 70.5 Å². The molecular formula is C11H13ClN2O3. The Labute approximate surface area is 104 Å². The second-order valence-electron chi connectivity index (χ2n) is 4.08. The molecule has 5 nitrogen and oxygen atoms in total. The fraction of sp³-hybridized carbons (Fsp3) is 0.364. The number of carbonyl (C=O) groups is 2. The number of rotatable bonds is 3. The number of amides is 1. The van der Waals surface area contributed by atoms with Gasteiger partial charge < -0.3 is 10.0 Å². The van der Waals surface area contributed by atoms with Crippen molar-refractivity contribution in [3.05, 3.63) is 29.0 Å². The molecule has 92 valence electrons. The number of carboxylic acid groups (broad SMARTS) is 1. The average molecular weight is 257 g/mol. The van der Waals surface area contributed by atoms with Crippen LogP contribution in [0.1, 0.15) is 24.2 Å². The van der Waals surface area contributed by atoms with Crippen molar-refractivity contribution in [1.29, 1.82) is 0 Å². The Kier molecular flexibility index (Phi) is 3.72. The molecule has 0 saturated heterocycles. The van der Waals surface area contributed by atoms with Gasteiger partial charge in [-0.1, -0.05) is 11.6 Å². The van der Waals surface area contributed by atoms with Crippen molar-refractivity contribution in [3.63, 3.8) is 0 Å². The molecule has 0 aliphatic rings. The lowest BCUT2D eigenvalue weighted by molar-refractivity contribution is -0.147. The fourth-order valence-electron chi connectivity index (χ4n) is 1.11. The Morgan fingerprint density at radius 2 is 2.06 bits per heavy atom. The summed E-state index contributed by atoms with van der Waals surface area (Å²) in [6.07, 6.45) is 2.78. The standard InChI is InChI=1S/C11H13ClN2O3/c1-11(2,10(16)17)14(3)9(15)7-6-13-5-4-8(7)12/h4-6H,1-3H3,(H,16,17). The monoisotopic (exact) mass is 256 g/mol. The molecule has 17 heavy (non-hydrogen) atoms. The fourth-order valence-corrected chi connectivity index (χ4v) is 1.30. The molecular weight excluding hydrogens is 244 g/mol. The molecule has 0 aliphatic carbocycles. The van der Waals surface area contributed by atoms with E-state index in [4.69, 9.17) is 16.7 Å². The minimum Gasteiger partial charge on any atom is -0.480 e. The summed E-state index contributed by atoms with van der Waals surface area (Å²) in [5.41, 5.74) is -1.12. The van der Waals surface area contributed by atoms with E-state index in [-0.39, 0.29) is 10.6 Å². The molecule has 6 heteroatoms. The van der Waals surface area contributed by atoms with E-state index in [1.165, 1.54) is 39.4 Å². The van der Waals surface area contributed by atoms with Gasteiger partial charge in [-0.05, 0) is 19.9 Å². The lowest BCUT2D eigenvalue weighted by Gasteiger charge is -2.31. The van der Waals surface area contributed by atoms with Crippen molar-refractivity contribution >= 4 is 23.5 Å². The van der Waals surface area contributed by atoms with E-state index in [0.29, 0.717) is 0 Å². The minimum absolute atomic E-state index is 0.186. The summed E-state index contributed by atoms with van der Waals surface area (Å²) in [6, 6.07) is 1.48. The highest BCUT2D eigenvalue weighted by Crippen LogP contribution is 2.20. The van der Waals surface area contributed by atoms with Crippen molar-refractivity contribution in [2.45, 2.75) is 19.4 Å². The van der Waals surface area contributed by atoms with Crippen molar-refractivity contribution in [1.82, 2.24) is 9.88 Å². The summed E-state index contributed by atoms with van der Waals surface area (Å²) in [4.78, 5) is 28.0. The first-order valence-corrected chi connectivity index (χ1v) is 5.27. The van der Waals surface area contributed by atoms with Crippen LogP contribution in [-0.2, 0) is 4.79 Å². The zero-order chi connectivity index (χ0) is 13.2. The summed E-state index contributed by atoms with van der Waals surface area (Å²) in [5.74, 6) is -1.57. The van der Waals surface area contributed by atoms with Crippen LogP contribution in [0, 0.1) is 0 Å². The minimum atomic E-state index is -1.31. The number of aromatic nitrogens is 1. The lowest BCUT2D eigenvalue weighted by atomic mass is 10.0. The highest BCUT2D eigenvalue weighted by atomic mass is 35.5. The van der Waals surface area contributed by atoms with E-state index in [1.54, 1.807) is 0 Å². The van der Waals surface area contributed by atoms with E-state index < -0.39 is 17.4 Å². The van der Waals surface area contributed by atoms with Crippen LogP contribution in [0.25, 0.3) is 0 Å². The quantitative estimate of drug-likeness (QED) is 0.893. The van der Waals surface area contributed by atoms with Crippen LogP contribution in [0.5, 0.6) is 0 Å². The SMILES string of the molecule is CN(C(=O)c1cnccc1Cl)C(C)(C)C(=O)O. The first-order chi connectivity index (χ1) is 7.78. The molecule has 0 atom stereocenters. The Hall–Kier alpha value is -1.62. The van der Waals surface area contributed by atoms with Crippen molar-refractivity contribution in [3.8, 4) is 0 Å². The first kappa shape index (κ1) is 13.4. The third-order valence-electron chi connectivity index (χ3n) is 2.66. The van der Waals surface area contributed by atoms with Crippen LogP contribution in [-0.4, -0.2) is 39.5 Å². The summed E-state index contributed by atoms with van der Waals surface area (Å²) in [5, 5.41) is 9.28. The van der Waals surface area contributed by atoms with Gasteiger partial charge in [0.05, 0.1) is 10.6 Å². The first-order valence-electron chi connectivity index (χ1n) is 4.89. The highest BCUT2D eigenvalue weighted by molar-refractivity contribution is 6.33. The molecule has 0 saturated carbocycles. The van der Waals surface area contributed by atoms with E-state index >= 15 is 0 Å². The number of nitrogens with zero attached hydrogens (tertiary/aromatic N) is 2. The van der Waals surface area contributed by atoms with Gasteiger partial charge in [0, 0.05) is 19.4 Å². The second-order valence-corrected chi connectivity index (χ2v) is 4.49. The van der Waals surface area contributed by atoms with Gasteiger partial charge in [0.2, 0.25) is 0 Å². The third-order valence-corrected chi connectivity index (χ3v) is 2.99. The predicted octanol–water partition coefficient (Wildman–Crippen LogP) is 1.67. The molecule has 0 fully saturated rings. The molecule has 1 rings (SSSR count). The summed E-state index contributed by atoms with van der Waals surface area (Å²) < 4.78 is 0. The summed E-state index contributed by atoms with van der Waals surface area (Å²) in [6.45, 7) is 2.88. The third kappa shape index (κ3) is 2.55. The lowest BCUT2D eigenvalue weighted by Crippen LogP contribution is -2.50. The Balaban J connectivity index is 3.07. The van der Waals surface area contributed by atoms with Gasteiger partial charge in [0.25, 0.3) is 5.91 Å². The molecule has 0 aliphatic heterocycles. The smallest absolute Gasteiger partial charge is 0.329 e. The second kappa shape index (κ2) is 4.71. The maximum atomic E-state index is 12.1. The molecule has 0 bridgehead atoms. The number of pyridine rings is 1. The van der Waals surface area contributed by atoms with Crippen molar-refractivity contribution in [2.75, 3.05) is 7.05 Å². The van der Waals surface area contributed by atoms with Gasteiger partial charge in [-0.2, -0.15) is 0 Å². The largest absolute Gasteiger partial charge is 0.480 e. The number of hydrogen-bond donors (Lipinski definition) is 1. The number of likely N-dealkylation sites (N-methyl/N-ethyl adjacent to an activating group) is 1. The van der Waals surface area contributed by atoms with Crippen molar-refractivity contribution in [2.24, 2.45) is 0 Å². The van der Waals surface area contributed by atoms with Crippen LogP contribution >= 0.6 is 11.6 Å². The predicted molar refractivity (Wildman–Crippen MR) is 63.1 cm³/mol. The summed E-state index contributed by atoms with van der Waals surface area (Å²) in [7, 11) is 1.42. The Morgan fingerprint density at radius 1 is 1.47 bits per heavy atom. The highest BCUT2D eigenvalue weighted by Gasteiger charge is 2.36. The van der Waals surface area contributed by atoms with Crippen LogP contribution in [0.15, 0.2) is 18.5 Å². The average Bonchev–Trinajstić information content (AvgIpc) is 2.27. The molecule has 0 unspecified atom stereocenters. The number of carbonyl (C=O) groups excluding carboxylic acids is 1. The van der Waals surface area contributed by atoms with Gasteiger partial charge in [-0.3, -0.25) is 9.78 Å². The zero-order valence-electron chi connectivity index (χ0n) is 9.77. The maximum absolute atomic E-state index is 12.1. The van der Waals surface area contributed by atoms with Crippen LogP contribution in [0.3, 0.4) is 0 Å². The zero-order valence-corrected chi connectivity index (χ0v) is 10.5. The molecule has 1 heterocycles. The van der Waals surface area contributed by atoms with E-state index in [9.17, 15) is 9.59 Å². The number of aliphatic carboxylic acids is 1. The van der Waals surface area contributed by atoms with Gasteiger partial charge >= 0.3 is 5.97 Å². The van der Waals surface area contributed by atoms with Gasteiger partial charge in [0.15, 0.2) is 0 Å². The van der Waals surface area contributed by atoms with Gasteiger partial charge in [-0.25, -0.2) is 4.79 Å². The molecule has 1 aromatic heterocycles. The van der Waals surface area contributed by atoms with E-state index in [1.807, 2.05) is 0 Å². The number of carboxylic acids is 1. The van der Waals surface area contributed by atoms with Crippen molar-refractivity contribution < 1.29 is 14.7 Å². The van der Waals surface area contributed by atoms with Crippen LogP contribution in [0.4, 0.5) is 0 Å². The molecule has 0 aromatic carbocycles. The Morgan fingerprint density at radius 3 is 2.53 bits per heavy atom. The van der Waals surface area contributed by atoms with Crippen LogP contribution < -0.4 is 0 Å². The maximum Gasteiger partial charge on any atom is 0.329 e. The molecule has 1 amide bonds. The molecule has 1 N–H and O–H groups in total. The summed E-state index contributed by atoms with van der Waals surface area (Å²) >= 11 is 5.86. The Bertz CT molecular complexity index is 460. The number of halogens is 1. The van der Waals surface area contributed by atoms with E-state index in [0.717, 1.165) is 4.90 Å². The van der Waals surface area contributed by atoms with Gasteiger partial charge in [0.1, 0.15) is 5.54 Å². The van der Waals surface area contributed by atoms with Crippen LogP contribution in [0.2, 0.25) is 5.02 Å². The van der Waals surface area contributed by atoms with Gasteiger partial charge in [-0.15, -0.1) is 0 Å². The molecule has 0 spiro atoms. The number of hydrogen-bond acceptors (Lipinski definition) is 3.